The first kappa shape index (κ1) is 13.8. The fourth-order valence-electron chi connectivity index (χ4n) is 3.93. The van der Waals surface area contributed by atoms with E-state index in [0.717, 1.165) is 19.3 Å². The molecule has 2 atom stereocenters. The van der Waals surface area contributed by atoms with Gasteiger partial charge in [0.15, 0.2) is 5.78 Å². The van der Waals surface area contributed by atoms with Gasteiger partial charge in [-0.15, -0.1) is 0 Å². The molecule has 0 aliphatic heterocycles. The van der Waals surface area contributed by atoms with Crippen molar-refractivity contribution in [2.24, 2.45) is 5.92 Å². The zero-order valence-corrected chi connectivity index (χ0v) is 12.3. The number of hydrogen-bond acceptors (Lipinski definition) is 2. The van der Waals surface area contributed by atoms with Crippen molar-refractivity contribution in [3.05, 3.63) is 35.4 Å². The van der Waals surface area contributed by atoms with Crippen LogP contribution in [0.2, 0.25) is 0 Å². The third-order valence-electron chi connectivity index (χ3n) is 5.06. The number of carbonyl (C=O) groups is 1. The Hall–Kier alpha value is -1.15. The summed E-state index contributed by atoms with van der Waals surface area (Å²) in [6.45, 7) is 0. The molecular formula is C18H24O2. The molecule has 3 rings (SSSR count). The highest BCUT2D eigenvalue weighted by Crippen LogP contribution is 2.38. The summed E-state index contributed by atoms with van der Waals surface area (Å²) >= 11 is 0. The summed E-state index contributed by atoms with van der Waals surface area (Å²) in [4.78, 5) is 12.6. The summed E-state index contributed by atoms with van der Waals surface area (Å²) < 4.78 is 5.56. The summed E-state index contributed by atoms with van der Waals surface area (Å²) in [6.07, 6.45) is 7.69. The number of carbonyl (C=O) groups excluding carboxylic acids is 1. The van der Waals surface area contributed by atoms with Gasteiger partial charge >= 0.3 is 0 Å². The number of methoxy groups -OCH3 is 1. The molecule has 0 bridgehead atoms. The minimum atomic E-state index is -0.164. The molecule has 2 unspecified atom stereocenters. The number of fused-ring (bicyclic) bond motifs is 1. The van der Waals surface area contributed by atoms with Crippen LogP contribution in [0.5, 0.6) is 0 Å². The molecule has 1 saturated carbocycles. The lowest BCUT2D eigenvalue weighted by Gasteiger charge is -2.33. The molecule has 0 heterocycles. The van der Waals surface area contributed by atoms with E-state index in [1.54, 1.807) is 7.11 Å². The van der Waals surface area contributed by atoms with Crippen LogP contribution in [0.25, 0.3) is 0 Å². The highest BCUT2D eigenvalue weighted by atomic mass is 16.5. The maximum Gasteiger partial charge on any atom is 0.162 e. The molecule has 1 aromatic carbocycles. The van der Waals surface area contributed by atoms with Gasteiger partial charge in [0.05, 0.1) is 0 Å². The van der Waals surface area contributed by atoms with Crippen LogP contribution in [0.4, 0.5) is 0 Å². The molecule has 0 spiro atoms. The number of rotatable bonds is 5. The van der Waals surface area contributed by atoms with E-state index in [-0.39, 0.29) is 6.10 Å². The van der Waals surface area contributed by atoms with Gasteiger partial charge in [-0.05, 0) is 42.2 Å². The first-order valence-electron chi connectivity index (χ1n) is 7.93. The maximum atomic E-state index is 12.6. The van der Waals surface area contributed by atoms with E-state index in [0.29, 0.717) is 24.0 Å². The van der Waals surface area contributed by atoms with Gasteiger partial charge in [-0.3, -0.25) is 4.79 Å². The first-order chi connectivity index (χ1) is 9.79. The lowest BCUT2D eigenvalue weighted by atomic mass is 9.73. The normalized spacial score (nSPS) is 23.8. The number of ketones is 1. The van der Waals surface area contributed by atoms with Crippen LogP contribution in [0, 0.1) is 5.92 Å². The monoisotopic (exact) mass is 272 g/mol. The Kier molecular flexibility index (Phi) is 4.21. The van der Waals surface area contributed by atoms with Crippen molar-refractivity contribution in [2.45, 2.75) is 57.0 Å². The first-order valence-corrected chi connectivity index (χ1v) is 7.93. The Morgan fingerprint density at radius 1 is 1.25 bits per heavy atom. The Morgan fingerprint density at radius 3 is 2.70 bits per heavy atom. The summed E-state index contributed by atoms with van der Waals surface area (Å²) in [6, 6.07) is 8.49. The number of benzene rings is 1. The molecule has 2 aliphatic carbocycles. The standard InChI is InChI=1S/C18H24O2/c1-20-18(13-7-3-2-4-8-13)17(19)12-15-11-14-9-5-6-10-16(14)15/h5-6,9-10,13,15,18H,2-4,7-8,11-12H2,1H3. The van der Waals surface area contributed by atoms with Gasteiger partial charge in [0.25, 0.3) is 0 Å². The molecule has 1 fully saturated rings. The molecular weight excluding hydrogens is 248 g/mol. The molecule has 0 aromatic heterocycles. The summed E-state index contributed by atoms with van der Waals surface area (Å²) in [5.41, 5.74) is 2.79. The Bertz CT molecular complexity index is 474. The SMILES string of the molecule is COC(C(=O)CC1Cc2ccccc21)C1CCCCC1. The molecule has 2 nitrogen and oxygen atoms in total. The lowest BCUT2D eigenvalue weighted by molar-refractivity contribution is -0.133. The van der Waals surface area contributed by atoms with Crippen molar-refractivity contribution < 1.29 is 9.53 Å². The quantitative estimate of drug-likeness (QED) is 0.813. The average Bonchev–Trinajstić information content (AvgIpc) is 2.47. The minimum Gasteiger partial charge on any atom is -0.373 e. The minimum absolute atomic E-state index is 0.164. The molecule has 0 saturated heterocycles. The summed E-state index contributed by atoms with van der Waals surface area (Å²) in [5.74, 6) is 1.20. The Balaban J connectivity index is 1.61. The zero-order valence-electron chi connectivity index (χ0n) is 12.3. The van der Waals surface area contributed by atoms with E-state index < -0.39 is 0 Å². The largest absolute Gasteiger partial charge is 0.373 e. The van der Waals surface area contributed by atoms with E-state index in [4.69, 9.17) is 4.74 Å². The van der Waals surface area contributed by atoms with E-state index in [1.165, 1.54) is 30.4 Å². The van der Waals surface area contributed by atoms with Gasteiger partial charge in [0, 0.05) is 13.5 Å². The molecule has 2 aliphatic rings. The van der Waals surface area contributed by atoms with E-state index in [9.17, 15) is 4.79 Å². The average molecular weight is 272 g/mol. The molecule has 2 heteroatoms. The Morgan fingerprint density at radius 2 is 2.00 bits per heavy atom. The molecule has 0 radical (unpaired) electrons. The molecule has 0 amide bonds. The second-order valence-corrected chi connectivity index (χ2v) is 6.32. The molecule has 20 heavy (non-hydrogen) atoms. The fourth-order valence-corrected chi connectivity index (χ4v) is 3.93. The van der Waals surface area contributed by atoms with Crippen molar-refractivity contribution in [3.8, 4) is 0 Å². The Labute approximate surface area is 121 Å². The predicted octanol–water partition coefficient (Wildman–Crippen LogP) is 3.88. The summed E-state index contributed by atoms with van der Waals surface area (Å²) in [5, 5.41) is 0. The van der Waals surface area contributed by atoms with Crippen LogP contribution < -0.4 is 0 Å². The van der Waals surface area contributed by atoms with Gasteiger partial charge in [0.2, 0.25) is 0 Å². The summed E-state index contributed by atoms with van der Waals surface area (Å²) in [7, 11) is 1.70. The molecule has 0 N–H and O–H groups in total. The second kappa shape index (κ2) is 6.09. The van der Waals surface area contributed by atoms with Crippen molar-refractivity contribution in [1.29, 1.82) is 0 Å². The van der Waals surface area contributed by atoms with Crippen molar-refractivity contribution >= 4 is 5.78 Å². The zero-order chi connectivity index (χ0) is 13.9. The van der Waals surface area contributed by atoms with Crippen molar-refractivity contribution in [3.63, 3.8) is 0 Å². The molecule has 1 aromatic rings. The topological polar surface area (TPSA) is 26.3 Å². The predicted molar refractivity (Wildman–Crippen MR) is 79.9 cm³/mol. The van der Waals surface area contributed by atoms with E-state index >= 15 is 0 Å². The van der Waals surface area contributed by atoms with Gasteiger partial charge in [-0.25, -0.2) is 0 Å². The van der Waals surface area contributed by atoms with Gasteiger partial charge < -0.3 is 4.74 Å². The fraction of sp³-hybridized carbons (Fsp3) is 0.611. The molecule has 108 valence electrons. The third-order valence-corrected chi connectivity index (χ3v) is 5.06. The van der Waals surface area contributed by atoms with Crippen LogP contribution in [0.3, 0.4) is 0 Å². The lowest BCUT2D eigenvalue weighted by Crippen LogP contribution is -2.35. The maximum absolute atomic E-state index is 12.6. The van der Waals surface area contributed by atoms with Crippen LogP contribution in [0.15, 0.2) is 24.3 Å². The number of hydrogen-bond donors (Lipinski definition) is 0. The third kappa shape index (κ3) is 2.67. The van der Waals surface area contributed by atoms with Crippen LogP contribution in [-0.2, 0) is 16.0 Å². The number of ether oxygens (including phenoxy) is 1. The van der Waals surface area contributed by atoms with Gasteiger partial charge in [-0.1, -0.05) is 43.5 Å². The highest BCUT2D eigenvalue weighted by molar-refractivity contribution is 5.84. The van der Waals surface area contributed by atoms with Crippen molar-refractivity contribution in [2.75, 3.05) is 7.11 Å². The van der Waals surface area contributed by atoms with Crippen LogP contribution >= 0.6 is 0 Å². The van der Waals surface area contributed by atoms with Gasteiger partial charge in [0.1, 0.15) is 6.10 Å². The van der Waals surface area contributed by atoms with E-state index in [2.05, 4.69) is 24.3 Å². The van der Waals surface area contributed by atoms with Crippen LogP contribution in [0.1, 0.15) is 55.6 Å². The number of Topliss-reactive ketones (excluding diaryl/α,β-unsaturated/α-hetero) is 1. The smallest absolute Gasteiger partial charge is 0.162 e. The van der Waals surface area contributed by atoms with Crippen molar-refractivity contribution in [1.82, 2.24) is 0 Å². The highest BCUT2D eigenvalue weighted by Gasteiger charge is 2.34. The van der Waals surface area contributed by atoms with Gasteiger partial charge in [-0.2, -0.15) is 0 Å². The van der Waals surface area contributed by atoms with E-state index in [1.807, 2.05) is 0 Å². The van der Waals surface area contributed by atoms with Crippen LogP contribution in [-0.4, -0.2) is 19.0 Å². The second-order valence-electron chi connectivity index (χ2n) is 6.32.